The van der Waals surface area contributed by atoms with E-state index in [-0.39, 0.29) is 22.7 Å². The molecule has 0 fully saturated rings. The molecular weight excluding hydrogens is 436 g/mol. The summed E-state index contributed by atoms with van der Waals surface area (Å²) in [6.07, 6.45) is 0. The molecule has 0 saturated heterocycles. The molecule has 0 spiro atoms. The lowest BCUT2D eigenvalue weighted by Gasteiger charge is -2.18. The maximum absolute atomic E-state index is 12.5. The van der Waals surface area contributed by atoms with Gasteiger partial charge in [0, 0.05) is 37.3 Å². The first-order chi connectivity index (χ1) is 15.1. The van der Waals surface area contributed by atoms with Gasteiger partial charge < -0.3 is 10.6 Å². The van der Waals surface area contributed by atoms with Crippen LogP contribution in [0.25, 0.3) is 0 Å². The highest BCUT2D eigenvalue weighted by Crippen LogP contribution is 2.16. The monoisotopic (exact) mass is 462 g/mol. The third kappa shape index (κ3) is 6.11. The van der Waals surface area contributed by atoms with Gasteiger partial charge >= 0.3 is 0 Å². The molecule has 11 heteroatoms. The number of rotatable bonds is 10. The highest BCUT2D eigenvalue weighted by Gasteiger charge is 2.21. The number of benzene rings is 2. The van der Waals surface area contributed by atoms with Crippen LogP contribution < -0.4 is 10.6 Å². The van der Waals surface area contributed by atoms with Gasteiger partial charge in [-0.25, -0.2) is 8.42 Å². The Hall–Kier alpha value is -3.31. The molecule has 2 N–H and O–H groups in total. The Kier molecular flexibility index (Phi) is 8.44. The molecule has 0 aliphatic rings. The van der Waals surface area contributed by atoms with Gasteiger partial charge in [-0.05, 0) is 30.7 Å². The van der Waals surface area contributed by atoms with Crippen molar-refractivity contribution in [1.82, 2.24) is 14.9 Å². The van der Waals surface area contributed by atoms with Crippen molar-refractivity contribution in [2.24, 2.45) is 0 Å². The fourth-order valence-corrected chi connectivity index (χ4v) is 4.40. The van der Waals surface area contributed by atoms with Crippen molar-refractivity contribution in [1.29, 1.82) is 0 Å². The van der Waals surface area contributed by atoms with Gasteiger partial charge in [-0.2, -0.15) is 4.31 Å². The quantitative estimate of drug-likeness (QED) is 0.409. The number of carbonyl (C=O) groups is 2. The molecule has 2 aromatic rings. The van der Waals surface area contributed by atoms with Gasteiger partial charge in [0.1, 0.15) is 6.04 Å². The van der Waals surface area contributed by atoms with Crippen LogP contribution in [0.3, 0.4) is 0 Å². The van der Waals surface area contributed by atoms with Crippen molar-refractivity contribution >= 4 is 27.5 Å². The van der Waals surface area contributed by atoms with E-state index in [0.717, 1.165) is 6.07 Å². The maximum atomic E-state index is 12.5. The molecule has 0 aliphatic heterocycles. The Balaban J connectivity index is 1.95. The Morgan fingerprint density at radius 3 is 2.28 bits per heavy atom. The van der Waals surface area contributed by atoms with Crippen molar-refractivity contribution in [3.05, 3.63) is 69.8 Å². The van der Waals surface area contributed by atoms with Crippen LogP contribution in [0.15, 0.2) is 53.4 Å². The second kappa shape index (κ2) is 10.8. The minimum atomic E-state index is -3.55. The number of hydrogen-bond acceptors (Lipinski definition) is 6. The number of non-ortho nitro benzene ring substituents is 1. The standard InChI is InChI=1S/C21H26N4O6S/c1-4-24(5-2)32(30,31)19-11-9-16(10-12-19)14-22-20(26)15(3)23-21(27)17-7-6-8-18(13-17)25(28)29/h6-13,15H,4-5,14H2,1-3H3,(H,22,26)(H,23,27). The lowest BCUT2D eigenvalue weighted by atomic mass is 10.1. The summed E-state index contributed by atoms with van der Waals surface area (Å²) in [7, 11) is -3.55. The second-order valence-electron chi connectivity index (χ2n) is 6.95. The molecule has 1 unspecified atom stereocenters. The van der Waals surface area contributed by atoms with E-state index >= 15 is 0 Å². The molecule has 0 saturated carbocycles. The zero-order chi connectivity index (χ0) is 23.9. The number of amides is 2. The molecule has 2 rings (SSSR count). The third-order valence-corrected chi connectivity index (χ3v) is 6.86. The summed E-state index contributed by atoms with van der Waals surface area (Å²) in [5.41, 5.74) is 0.541. The molecule has 0 radical (unpaired) electrons. The van der Waals surface area contributed by atoms with Crippen LogP contribution in [0.4, 0.5) is 5.69 Å². The molecule has 0 aliphatic carbocycles. The number of nitro groups is 1. The van der Waals surface area contributed by atoms with Gasteiger partial charge in [0.05, 0.1) is 9.82 Å². The van der Waals surface area contributed by atoms with Gasteiger partial charge in [-0.3, -0.25) is 19.7 Å². The van der Waals surface area contributed by atoms with E-state index in [1.807, 2.05) is 0 Å². The molecule has 10 nitrogen and oxygen atoms in total. The fraction of sp³-hybridized carbons (Fsp3) is 0.333. The summed E-state index contributed by atoms with van der Waals surface area (Å²) in [4.78, 5) is 35.0. The fourth-order valence-electron chi connectivity index (χ4n) is 2.94. The largest absolute Gasteiger partial charge is 0.350 e. The van der Waals surface area contributed by atoms with Crippen LogP contribution in [-0.4, -0.2) is 48.6 Å². The SMILES string of the molecule is CCN(CC)S(=O)(=O)c1ccc(CNC(=O)C(C)NC(=O)c2cccc([N+](=O)[O-])c2)cc1. The van der Waals surface area contributed by atoms with E-state index in [2.05, 4.69) is 10.6 Å². The van der Waals surface area contributed by atoms with Gasteiger partial charge in [0.25, 0.3) is 11.6 Å². The summed E-state index contributed by atoms with van der Waals surface area (Å²) in [6, 6.07) is 10.5. The minimum Gasteiger partial charge on any atom is -0.350 e. The normalized spacial score (nSPS) is 12.2. The predicted octanol–water partition coefficient (Wildman–Crippen LogP) is 2.06. The molecule has 0 bridgehead atoms. The summed E-state index contributed by atoms with van der Waals surface area (Å²) in [6.45, 7) is 5.91. The van der Waals surface area contributed by atoms with E-state index in [0.29, 0.717) is 18.7 Å². The van der Waals surface area contributed by atoms with E-state index in [1.165, 1.54) is 41.6 Å². The number of sulfonamides is 1. The lowest BCUT2D eigenvalue weighted by molar-refractivity contribution is -0.384. The van der Waals surface area contributed by atoms with Crippen LogP contribution in [-0.2, 0) is 21.4 Å². The molecule has 0 heterocycles. The van der Waals surface area contributed by atoms with E-state index in [1.54, 1.807) is 26.0 Å². The topological polar surface area (TPSA) is 139 Å². The second-order valence-corrected chi connectivity index (χ2v) is 8.89. The van der Waals surface area contributed by atoms with E-state index < -0.39 is 32.8 Å². The summed E-state index contributed by atoms with van der Waals surface area (Å²) in [5.74, 6) is -1.06. The van der Waals surface area contributed by atoms with Crippen molar-refractivity contribution in [3.8, 4) is 0 Å². The first-order valence-corrected chi connectivity index (χ1v) is 11.5. The number of nitrogens with one attached hydrogen (secondary N) is 2. The zero-order valence-electron chi connectivity index (χ0n) is 18.1. The first kappa shape index (κ1) is 25.0. The van der Waals surface area contributed by atoms with Gasteiger partial charge in [0.15, 0.2) is 0 Å². The molecule has 32 heavy (non-hydrogen) atoms. The van der Waals surface area contributed by atoms with Gasteiger partial charge in [-0.15, -0.1) is 0 Å². The van der Waals surface area contributed by atoms with Crippen molar-refractivity contribution in [3.63, 3.8) is 0 Å². The third-order valence-electron chi connectivity index (χ3n) is 4.79. The van der Waals surface area contributed by atoms with Gasteiger partial charge in [0.2, 0.25) is 15.9 Å². The average molecular weight is 463 g/mol. The molecule has 172 valence electrons. The van der Waals surface area contributed by atoms with Crippen LogP contribution in [0.5, 0.6) is 0 Å². The van der Waals surface area contributed by atoms with Crippen molar-refractivity contribution in [2.45, 2.75) is 38.3 Å². The van der Waals surface area contributed by atoms with Crippen LogP contribution in [0, 0.1) is 10.1 Å². The molecular formula is C21H26N4O6S. The summed E-state index contributed by atoms with van der Waals surface area (Å²) >= 11 is 0. The first-order valence-electron chi connectivity index (χ1n) is 10.0. The number of nitrogens with zero attached hydrogens (tertiary/aromatic N) is 2. The average Bonchev–Trinajstić information content (AvgIpc) is 2.78. The highest BCUT2D eigenvalue weighted by molar-refractivity contribution is 7.89. The molecule has 2 amide bonds. The Morgan fingerprint density at radius 1 is 1.09 bits per heavy atom. The number of carbonyl (C=O) groups excluding carboxylic acids is 2. The molecule has 2 aromatic carbocycles. The summed E-state index contributed by atoms with van der Waals surface area (Å²) in [5, 5.41) is 16.0. The Bertz CT molecular complexity index is 1080. The number of nitro benzene ring substituents is 1. The van der Waals surface area contributed by atoms with Crippen LogP contribution in [0.2, 0.25) is 0 Å². The Morgan fingerprint density at radius 2 is 1.72 bits per heavy atom. The summed E-state index contributed by atoms with van der Waals surface area (Å²) < 4.78 is 26.4. The zero-order valence-corrected chi connectivity index (χ0v) is 18.9. The van der Waals surface area contributed by atoms with Crippen LogP contribution in [0.1, 0.15) is 36.7 Å². The van der Waals surface area contributed by atoms with Crippen molar-refractivity contribution in [2.75, 3.05) is 13.1 Å². The lowest BCUT2D eigenvalue weighted by Crippen LogP contribution is -2.44. The minimum absolute atomic E-state index is 0.0730. The predicted molar refractivity (Wildman–Crippen MR) is 118 cm³/mol. The Labute approximate surface area is 186 Å². The molecule has 0 aromatic heterocycles. The van der Waals surface area contributed by atoms with E-state index in [9.17, 15) is 28.1 Å². The van der Waals surface area contributed by atoms with Gasteiger partial charge in [-0.1, -0.05) is 32.0 Å². The maximum Gasteiger partial charge on any atom is 0.270 e. The van der Waals surface area contributed by atoms with E-state index in [4.69, 9.17) is 0 Å². The number of hydrogen-bond donors (Lipinski definition) is 2. The van der Waals surface area contributed by atoms with Crippen LogP contribution >= 0.6 is 0 Å². The van der Waals surface area contributed by atoms with Crippen molar-refractivity contribution < 1.29 is 22.9 Å². The smallest absolute Gasteiger partial charge is 0.270 e. The highest BCUT2D eigenvalue weighted by atomic mass is 32.2. The molecule has 1 atom stereocenters.